The lowest BCUT2D eigenvalue weighted by atomic mass is 10.0. The SMILES string of the molecule is CC(=O)N[C@@H](COC(C)(C)C)C(=O)N[C@@H](Cc1ccc(NC(=O)C(=O)OC(C)(C)C)cc1)C(=O)NCCCCN. The number of carbonyl (C=O) groups excluding carboxylic acids is 5. The second kappa shape index (κ2) is 15.9. The number of carbonyl (C=O) groups is 5. The van der Waals surface area contributed by atoms with Crippen LogP contribution in [0.3, 0.4) is 0 Å². The number of benzene rings is 1. The molecule has 0 aliphatic carbocycles. The zero-order chi connectivity index (χ0) is 30.5. The highest BCUT2D eigenvalue weighted by atomic mass is 16.6. The summed E-state index contributed by atoms with van der Waals surface area (Å²) in [5.41, 5.74) is 5.21. The maximum atomic E-state index is 13.1. The quantitative estimate of drug-likeness (QED) is 0.135. The molecule has 0 spiro atoms. The zero-order valence-corrected chi connectivity index (χ0v) is 24.6. The van der Waals surface area contributed by atoms with Crippen molar-refractivity contribution in [2.75, 3.05) is 25.0 Å². The molecule has 2 atom stereocenters. The molecule has 0 unspecified atom stereocenters. The first-order valence-corrected chi connectivity index (χ1v) is 13.3. The third kappa shape index (κ3) is 14.6. The molecule has 0 aromatic heterocycles. The van der Waals surface area contributed by atoms with Gasteiger partial charge >= 0.3 is 11.9 Å². The first kappa shape index (κ1) is 34.5. The van der Waals surface area contributed by atoms with Gasteiger partial charge in [-0.25, -0.2) is 4.79 Å². The highest BCUT2D eigenvalue weighted by molar-refractivity contribution is 6.37. The average Bonchev–Trinajstić information content (AvgIpc) is 2.83. The molecule has 224 valence electrons. The summed E-state index contributed by atoms with van der Waals surface area (Å²) in [5.74, 6) is -3.29. The Morgan fingerprint density at radius 3 is 2.00 bits per heavy atom. The van der Waals surface area contributed by atoms with Gasteiger partial charge in [0.15, 0.2) is 0 Å². The van der Waals surface area contributed by atoms with E-state index in [1.54, 1.807) is 45.0 Å². The lowest BCUT2D eigenvalue weighted by Crippen LogP contribution is -2.56. The molecule has 1 aromatic carbocycles. The number of nitrogens with one attached hydrogen (secondary N) is 4. The standard InChI is InChI=1S/C28H45N5O7/c1-18(34)31-22(17-39-27(2,3)4)24(36)33-21(23(35)30-15-9-8-14-29)16-19-10-12-20(13-11-19)32-25(37)26(38)40-28(5,6)7/h10-13,21-22H,8-9,14-17,29H2,1-7H3,(H,30,35)(H,31,34)(H,32,37)(H,33,36)/t21-,22-/m0/s1. The molecule has 0 fully saturated rings. The van der Waals surface area contributed by atoms with Crippen LogP contribution in [0.25, 0.3) is 0 Å². The molecule has 0 bridgehead atoms. The number of hydrogen-bond donors (Lipinski definition) is 5. The maximum absolute atomic E-state index is 13.1. The van der Waals surface area contributed by atoms with E-state index in [1.165, 1.54) is 6.92 Å². The number of nitrogens with two attached hydrogens (primary N) is 1. The summed E-state index contributed by atoms with van der Waals surface area (Å²) >= 11 is 0. The van der Waals surface area contributed by atoms with E-state index >= 15 is 0 Å². The van der Waals surface area contributed by atoms with Crippen molar-refractivity contribution in [1.82, 2.24) is 16.0 Å². The van der Waals surface area contributed by atoms with Crippen LogP contribution < -0.4 is 27.0 Å². The van der Waals surface area contributed by atoms with Gasteiger partial charge in [-0.2, -0.15) is 0 Å². The van der Waals surface area contributed by atoms with E-state index in [0.717, 1.165) is 6.42 Å². The highest BCUT2D eigenvalue weighted by Gasteiger charge is 2.28. The summed E-state index contributed by atoms with van der Waals surface area (Å²) in [4.78, 5) is 61.9. The van der Waals surface area contributed by atoms with E-state index in [1.807, 2.05) is 20.8 Å². The number of ether oxygens (including phenoxy) is 2. The summed E-state index contributed by atoms with van der Waals surface area (Å²) in [6.07, 6.45) is 1.55. The monoisotopic (exact) mass is 563 g/mol. The molecule has 0 saturated heterocycles. The van der Waals surface area contributed by atoms with Gasteiger partial charge in [-0.05, 0) is 78.6 Å². The summed E-state index contributed by atoms with van der Waals surface area (Å²) in [7, 11) is 0. The molecule has 0 saturated carbocycles. The summed E-state index contributed by atoms with van der Waals surface area (Å²) in [6, 6.07) is 4.52. The number of anilines is 1. The lowest BCUT2D eigenvalue weighted by Gasteiger charge is -2.26. The number of hydrogen-bond acceptors (Lipinski definition) is 8. The molecule has 40 heavy (non-hydrogen) atoms. The molecule has 12 heteroatoms. The van der Waals surface area contributed by atoms with Crippen LogP contribution in [0.5, 0.6) is 0 Å². The van der Waals surface area contributed by atoms with E-state index in [9.17, 15) is 24.0 Å². The van der Waals surface area contributed by atoms with Crippen LogP contribution in [0.15, 0.2) is 24.3 Å². The molecule has 1 rings (SSSR count). The van der Waals surface area contributed by atoms with E-state index in [0.29, 0.717) is 30.8 Å². The van der Waals surface area contributed by atoms with Crippen LogP contribution in [0, 0.1) is 0 Å². The van der Waals surface area contributed by atoms with Gasteiger partial charge in [0.25, 0.3) is 0 Å². The number of rotatable bonds is 13. The van der Waals surface area contributed by atoms with Crippen LogP contribution in [0.2, 0.25) is 0 Å². The summed E-state index contributed by atoms with van der Waals surface area (Å²) in [6.45, 7) is 12.6. The molecule has 1 aromatic rings. The summed E-state index contributed by atoms with van der Waals surface area (Å²) < 4.78 is 10.8. The fraction of sp³-hybridized carbons (Fsp3) is 0.607. The Morgan fingerprint density at radius 2 is 1.48 bits per heavy atom. The van der Waals surface area contributed by atoms with Gasteiger partial charge < -0.3 is 36.5 Å². The lowest BCUT2D eigenvalue weighted by molar-refractivity contribution is -0.161. The van der Waals surface area contributed by atoms with E-state index < -0.39 is 52.9 Å². The Kier molecular flexibility index (Phi) is 13.7. The third-order valence-corrected chi connectivity index (χ3v) is 5.18. The smallest absolute Gasteiger partial charge is 0.397 e. The topological polar surface area (TPSA) is 178 Å². The minimum absolute atomic E-state index is 0.0776. The van der Waals surface area contributed by atoms with E-state index in [2.05, 4.69) is 21.3 Å². The van der Waals surface area contributed by atoms with Gasteiger partial charge in [0.05, 0.1) is 12.2 Å². The predicted molar refractivity (Wildman–Crippen MR) is 151 cm³/mol. The van der Waals surface area contributed by atoms with Gasteiger partial charge in [-0.15, -0.1) is 0 Å². The Labute approximate surface area is 236 Å². The number of esters is 1. The third-order valence-electron chi connectivity index (χ3n) is 5.18. The Morgan fingerprint density at radius 1 is 0.850 bits per heavy atom. The molecule has 0 aliphatic rings. The predicted octanol–water partition coefficient (Wildman–Crippen LogP) is 1.17. The normalized spacial score (nSPS) is 13.0. The van der Waals surface area contributed by atoms with Crippen LogP contribution in [-0.2, 0) is 39.9 Å². The van der Waals surface area contributed by atoms with Crippen LogP contribution in [0.4, 0.5) is 5.69 Å². The van der Waals surface area contributed by atoms with Gasteiger partial charge in [0.1, 0.15) is 17.7 Å². The van der Waals surface area contributed by atoms with Crippen LogP contribution >= 0.6 is 0 Å². The fourth-order valence-electron chi connectivity index (χ4n) is 3.31. The minimum Gasteiger partial charge on any atom is -0.453 e. The fourth-order valence-corrected chi connectivity index (χ4v) is 3.31. The number of unbranched alkanes of at least 4 members (excludes halogenated alkanes) is 1. The highest BCUT2D eigenvalue weighted by Crippen LogP contribution is 2.14. The van der Waals surface area contributed by atoms with Gasteiger partial charge in [-0.1, -0.05) is 12.1 Å². The van der Waals surface area contributed by atoms with Crippen LogP contribution in [-0.4, -0.2) is 72.6 Å². The van der Waals surface area contributed by atoms with Crippen molar-refractivity contribution in [1.29, 1.82) is 0 Å². The molecule has 0 aliphatic heterocycles. The van der Waals surface area contributed by atoms with Crippen molar-refractivity contribution in [3.63, 3.8) is 0 Å². The van der Waals surface area contributed by atoms with Crippen molar-refractivity contribution >= 4 is 35.3 Å². The molecule has 0 heterocycles. The Balaban J connectivity index is 3.01. The Hall–Kier alpha value is -3.51. The van der Waals surface area contributed by atoms with Crippen molar-refractivity contribution < 1.29 is 33.4 Å². The summed E-state index contributed by atoms with van der Waals surface area (Å²) in [5, 5.41) is 10.6. The molecule has 6 N–H and O–H groups in total. The van der Waals surface area contributed by atoms with E-state index in [4.69, 9.17) is 15.2 Å². The van der Waals surface area contributed by atoms with Crippen molar-refractivity contribution in [3.05, 3.63) is 29.8 Å². The van der Waals surface area contributed by atoms with Crippen molar-refractivity contribution in [2.24, 2.45) is 5.73 Å². The maximum Gasteiger partial charge on any atom is 0.397 e. The first-order valence-electron chi connectivity index (χ1n) is 13.3. The molecular weight excluding hydrogens is 518 g/mol. The van der Waals surface area contributed by atoms with Crippen molar-refractivity contribution in [2.45, 2.75) is 91.0 Å². The first-order chi connectivity index (χ1) is 18.5. The van der Waals surface area contributed by atoms with Gasteiger partial charge in [0, 0.05) is 25.6 Å². The molecular formula is C28H45N5O7. The minimum atomic E-state index is -1.00. The molecule has 4 amide bonds. The number of amides is 4. The van der Waals surface area contributed by atoms with Crippen molar-refractivity contribution in [3.8, 4) is 0 Å². The molecule has 12 nitrogen and oxygen atoms in total. The van der Waals surface area contributed by atoms with Crippen LogP contribution in [0.1, 0.15) is 66.9 Å². The van der Waals surface area contributed by atoms with Gasteiger partial charge in [-0.3, -0.25) is 19.2 Å². The zero-order valence-electron chi connectivity index (χ0n) is 24.6. The second-order valence-electron chi connectivity index (χ2n) is 11.4. The molecule has 0 radical (unpaired) electrons. The van der Waals surface area contributed by atoms with E-state index in [-0.39, 0.29) is 13.0 Å². The second-order valence-corrected chi connectivity index (χ2v) is 11.4. The average molecular weight is 564 g/mol. The Bertz CT molecular complexity index is 1010. The van der Waals surface area contributed by atoms with Gasteiger partial charge in [0.2, 0.25) is 17.7 Å². The largest absolute Gasteiger partial charge is 0.453 e.